The fourth-order valence-corrected chi connectivity index (χ4v) is 2.67. The maximum atomic E-state index is 12.7. The number of rotatable bonds is 3. The van der Waals surface area contributed by atoms with E-state index in [2.05, 4.69) is 11.9 Å². The zero-order chi connectivity index (χ0) is 16.7. The first-order chi connectivity index (χ1) is 10.8. The van der Waals surface area contributed by atoms with Gasteiger partial charge in [-0.05, 0) is 22.8 Å². The van der Waals surface area contributed by atoms with E-state index in [0.717, 1.165) is 23.4 Å². The lowest BCUT2D eigenvalue weighted by Gasteiger charge is -2.38. The molecule has 0 atom stereocenters. The van der Waals surface area contributed by atoms with Crippen LogP contribution in [0.25, 0.3) is 11.1 Å². The first-order valence-electron chi connectivity index (χ1n) is 7.19. The summed E-state index contributed by atoms with van der Waals surface area (Å²) < 4.78 is 43.4. The summed E-state index contributed by atoms with van der Waals surface area (Å²) in [7, 11) is 0. The van der Waals surface area contributed by atoms with Gasteiger partial charge in [-0.1, -0.05) is 31.2 Å². The van der Waals surface area contributed by atoms with Crippen molar-refractivity contribution in [3.8, 4) is 11.1 Å². The number of aliphatic hydroxyl groups excluding tert-OH is 1. The number of halogens is 3. The summed E-state index contributed by atoms with van der Waals surface area (Å²) in [5, 5.41) is 9.39. The van der Waals surface area contributed by atoms with E-state index in [1.807, 2.05) is 24.3 Å². The third-order valence-corrected chi connectivity index (χ3v) is 4.18. The van der Waals surface area contributed by atoms with Gasteiger partial charge in [0, 0.05) is 17.2 Å². The molecule has 0 saturated carbocycles. The fourth-order valence-electron chi connectivity index (χ4n) is 2.67. The Labute approximate surface area is 131 Å². The Hall–Kier alpha value is -1.92. The SMILES string of the molecule is CC1(c2ccc(-c3cnc(C(F)(F)F)cc3CO)cc2)COC1. The molecule has 1 N–H and O–H groups in total. The minimum Gasteiger partial charge on any atom is -0.392 e. The monoisotopic (exact) mass is 323 g/mol. The molecule has 1 aliphatic rings. The maximum absolute atomic E-state index is 12.7. The lowest BCUT2D eigenvalue weighted by atomic mass is 9.80. The summed E-state index contributed by atoms with van der Waals surface area (Å²) >= 11 is 0. The van der Waals surface area contributed by atoms with Crippen LogP contribution in [0.4, 0.5) is 13.2 Å². The molecule has 3 nitrogen and oxygen atoms in total. The molecule has 1 aliphatic heterocycles. The molecule has 1 saturated heterocycles. The van der Waals surface area contributed by atoms with Gasteiger partial charge in [-0.15, -0.1) is 0 Å². The molecule has 23 heavy (non-hydrogen) atoms. The van der Waals surface area contributed by atoms with Gasteiger partial charge in [0.15, 0.2) is 0 Å². The maximum Gasteiger partial charge on any atom is 0.433 e. The van der Waals surface area contributed by atoms with E-state index in [1.165, 1.54) is 0 Å². The van der Waals surface area contributed by atoms with E-state index in [-0.39, 0.29) is 11.0 Å². The van der Waals surface area contributed by atoms with E-state index in [9.17, 15) is 18.3 Å². The summed E-state index contributed by atoms with van der Waals surface area (Å²) in [6.07, 6.45) is -3.36. The Morgan fingerprint density at radius 2 is 1.87 bits per heavy atom. The van der Waals surface area contributed by atoms with E-state index in [4.69, 9.17) is 4.74 Å². The van der Waals surface area contributed by atoms with Crippen molar-refractivity contribution in [2.45, 2.75) is 25.1 Å². The first kappa shape index (κ1) is 16.0. The lowest BCUT2D eigenvalue weighted by molar-refractivity contribution is -0.141. The molecule has 122 valence electrons. The molecule has 1 aromatic heterocycles. The van der Waals surface area contributed by atoms with Crippen LogP contribution in [0.5, 0.6) is 0 Å². The van der Waals surface area contributed by atoms with Crippen molar-refractivity contribution >= 4 is 0 Å². The van der Waals surface area contributed by atoms with Crippen LogP contribution < -0.4 is 0 Å². The number of nitrogens with zero attached hydrogens (tertiary/aromatic N) is 1. The van der Waals surface area contributed by atoms with Gasteiger partial charge in [-0.3, -0.25) is 4.98 Å². The number of aliphatic hydroxyl groups is 1. The van der Waals surface area contributed by atoms with Crippen LogP contribution >= 0.6 is 0 Å². The number of hydrogen-bond donors (Lipinski definition) is 1. The smallest absolute Gasteiger partial charge is 0.392 e. The number of alkyl halides is 3. The quantitative estimate of drug-likeness (QED) is 0.939. The number of hydrogen-bond acceptors (Lipinski definition) is 3. The highest BCUT2D eigenvalue weighted by Crippen LogP contribution is 2.35. The highest BCUT2D eigenvalue weighted by molar-refractivity contribution is 5.67. The van der Waals surface area contributed by atoms with Crippen molar-refractivity contribution in [1.82, 2.24) is 4.98 Å². The summed E-state index contributed by atoms with van der Waals surface area (Å²) in [4.78, 5) is 3.48. The van der Waals surface area contributed by atoms with Gasteiger partial charge in [-0.2, -0.15) is 13.2 Å². The molecule has 1 aromatic carbocycles. The highest BCUT2D eigenvalue weighted by Gasteiger charge is 2.35. The van der Waals surface area contributed by atoms with Crippen molar-refractivity contribution in [1.29, 1.82) is 0 Å². The third kappa shape index (κ3) is 2.96. The average molecular weight is 323 g/mol. The summed E-state index contributed by atoms with van der Waals surface area (Å²) in [6, 6.07) is 8.45. The second kappa shape index (κ2) is 5.62. The fraction of sp³-hybridized carbons (Fsp3) is 0.353. The standard InChI is InChI=1S/C17H16F3NO2/c1-16(9-23-10-16)13-4-2-11(3-5-13)14-7-21-15(17(18,19)20)6-12(14)8-22/h2-7,22H,8-10H2,1H3. The zero-order valence-electron chi connectivity index (χ0n) is 12.5. The Bertz CT molecular complexity index is 707. The van der Waals surface area contributed by atoms with Gasteiger partial charge in [0.2, 0.25) is 0 Å². The summed E-state index contributed by atoms with van der Waals surface area (Å²) in [5.74, 6) is 0. The molecule has 6 heteroatoms. The Kier molecular flexibility index (Phi) is 3.90. The normalized spacial score (nSPS) is 16.9. The van der Waals surface area contributed by atoms with Crippen LogP contribution in [0.2, 0.25) is 0 Å². The van der Waals surface area contributed by atoms with E-state index >= 15 is 0 Å². The number of ether oxygens (including phenoxy) is 1. The number of aromatic nitrogens is 1. The van der Waals surface area contributed by atoms with Crippen LogP contribution in [-0.2, 0) is 22.9 Å². The molecular formula is C17H16F3NO2. The number of benzene rings is 1. The van der Waals surface area contributed by atoms with E-state index < -0.39 is 18.5 Å². The largest absolute Gasteiger partial charge is 0.433 e. The lowest BCUT2D eigenvalue weighted by Crippen LogP contribution is -2.43. The Morgan fingerprint density at radius 3 is 2.35 bits per heavy atom. The molecule has 0 spiro atoms. The first-order valence-corrected chi connectivity index (χ1v) is 7.19. The second-order valence-electron chi connectivity index (χ2n) is 6.01. The van der Waals surface area contributed by atoms with Crippen molar-refractivity contribution in [2.75, 3.05) is 13.2 Å². The second-order valence-corrected chi connectivity index (χ2v) is 6.01. The highest BCUT2D eigenvalue weighted by atomic mass is 19.4. The van der Waals surface area contributed by atoms with Crippen LogP contribution in [0.15, 0.2) is 36.5 Å². The predicted octanol–water partition coefficient (Wildman–Crippen LogP) is 3.55. The molecule has 0 unspecified atom stereocenters. The molecule has 2 aromatic rings. The van der Waals surface area contributed by atoms with Gasteiger partial charge in [0.25, 0.3) is 0 Å². The van der Waals surface area contributed by atoms with Crippen LogP contribution in [0, 0.1) is 0 Å². The molecule has 0 radical (unpaired) electrons. The molecule has 1 fully saturated rings. The van der Waals surface area contributed by atoms with Gasteiger partial charge in [-0.25, -0.2) is 0 Å². The predicted molar refractivity (Wildman–Crippen MR) is 78.8 cm³/mol. The molecule has 0 bridgehead atoms. The van der Waals surface area contributed by atoms with Crippen molar-refractivity contribution in [3.05, 3.63) is 53.3 Å². The molecular weight excluding hydrogens is 307 g/mol. The minimum atomic E-state index is -4.52. The summed E-state index contributed by atoms with van der Waals surface area (Å²) in [5.41, 5.74) is 1.55. The van der Waals surface area contributed by atoms with Crippen LogP contribution in [0.3, 0.4) is 0 Å². The average Bonchev–Trinajstić information content (AvgIpc) is 2.51. The summed E-state index contributed by atoms with van der Waals surface area (Å²) in [6.45, 7) is 2.95. The topological polar surface area (TPSA) is 42.4 Å². The van der Waals surface area contributed by atoms with Crippen LogP contribution in [0.1, 0.15) is 23.7 Å². The molecule has 2 heterocycles. The molecule has 0 aliphatic carbocycles. The Balaban J connectivity index is 1.95. The van der Waals surface area contributed by atoms with Gasteiger partial charge >= 0.3 is 6.18 Å². The third-order valence-electron chi connectivity index (χ3n) is 4.18. The van der Waals surface area contributed by atoms with Crippen LogP contribution in [-0.4, -0.2) is 23.3 Å². The molecule has 0 amide bonds. The van der Waals surface area contributed by atoms with E-state index in [0.29, 0.717) is 18.8 Å². The number of pyridine rings is 1. The van der Waals surface area contributed by atoms with Crippen molar-refractivity contribution in [2.24, 2.45) is 0 Å². The van der Waals surface area contributed by atoms with Gasteiger partial charge < -0.3 is 9.84 Å². The Morgan fingerprint density at radius 1 is 1.22 bits per heavy atom. The van der Waals surface area contributed by atoms with Gasteiger partial charge in [0.1, 0.15) is 5.69 Å². The van der Waals surface area contributed by atoms with Gasteiger partial charge in [0.05, 0.1) is 19.8 Å². The van der Waals surface area contributed by atoms with E-state index in [1.54, 1.807) is 0 Å². The van der Waals surface area contributed by atoms with Crippen molar-refractivity contribution in [3.63, 3.8) is 0 Å². The van der Waals surface area contributed by atoms with Crippen molar-refractivity contribution < 1.29 is 23.0 Å². The minimum absolute atomic E-state index is 0.00324. The molecule has 3 rings (SSSR count). The zero-order valence-corrected chi connectivity index (χ0v) is 12.5.